The first-order chi connectivity index (χ1) is 12.6. The Bertz CT molecular complexity index is 746. The molecular formula is C19H22Cl2N4O. The summed E-state index contributed by atoms with van der Waals surface area (Å²) in [6.07, 6.45) is 9.90. The van der Waals surface area contributed by atoms with Crippen LogP contribution in [0.5, 0.6) is 0 Å². The first-order valence-electron chi connectivity index (χ1n) is 8.92. The molecule has 1 saturated carbocycles. The molecule has 26 heavy (non-hydrogen) atoms. The molecule has 0 saturated heterocycles. The molecule has 2 aromatic rings. The number of nitrogens with one attached hydrogen (secondary N) is 2. The van der Waals surface area contributed by atoms with Crippen molar-refractivity contribution in [1.82, 2.24) is 15.3 Å². The summed E-state index contributed by atoms with van der Waals surface area (Å²) in [5.74, 6) is 0.480. The Morgan fingerprint density at radius 1 is 1.12 bits per heavy atom. The Kier molecular flexibility index (Phi) is 6.69. The third-order valence-corrected chi connectivity index (χ3v) is 5.12. The monoisotopic (exact) mass is 392 g/mol. The van der Waals surface area contributed by atoms with E-state index in [9.17, 15) is 4.79 Å². The molecule has 0 unspecified atom stereocenters. The summed E-state index contributed by atoms with van der Waals surface area (Å²) in [4.78, 5) is 20.7. The molecule has 5 nitrogen and oxygen atoms in total. The van der Waals surface area contributed by atoms with E-state index in [0.29, 0.717) is 34.7 Å². The molecule has 7 heteroatoms. The minimum atomic E-state index is -0.244. The van der Waals surface area contributed by atoms with Crippen molar-refractivity contribution >= 4 is 34.9 Å². The Labute approximate surface area is 163 Å². The van der Waals surface area contributed by atoms with Gasteiger partial charge in [-0.1, -0.05) is 48.5 Å². The van der Waals surface area contributed by atoms with Gasteiger partial charge in [0.15, 0.2) is 0 Å². The van der Waals surface area contributed by atoms with E-state index in [4.69, 9.17) is 23.2 Å². The number of benzene rings is 1. The maximum atomic E-state index is 12.2. The Hall–Kier alpha value is -1.85. The lowest BCUT2D eigenvalue weighted by molar-refractivity contribution is 0.0949. The highest BCUT2D eigenvalue weighted by atomic mass is 35.5. The van der Waals surface area contributed by atoms with Crippen LogP contribution in [0.3, 0.4) is 0 Å². The van der Waals surface area contributed by atoms with Crippen LogP contribution in [0.2, 0.25) is 10.0 Å². The zero-order chi connectivity index (χ0) is 18.4. The lowest BCUT2D eigenvalue weighted by Gasteiger charge is -2.23. The van der Waals surface area contributed by atoms with Crippen LogP contribution in [0.1, 0.15) is 48.2 Å². The quantitative estimate of drug-likeness (QED) is 0.758. The van der Waals surface area contributed by atoms with Crippen molar-refractivity contribution in [2.75, 3.05) is 11.9 Å². The third kappa shape index (κ3) is 5.32. The van der Waals surface area contributed by atoms with Gasteiger partial charge in [-0.05, 0) is 37.0 Å². The smallest absolute Gasteiger partial charge is 0.271 e. The number of carbonyl (C=O) groups excluding carboxylic acids is 1. The van der Waals surface area contributed by atoms with Crippen LogP contribution in [0.4, 0.5) is 5.82 Å². The summed E-state index contributed by atoms with van der Waals surface area (Å²) in [5.41, 5.74) is 1.25. The molecular weight excluding hydrogens is 371 g/mol. The van der Waals surface area contributed by atoms with Crippen LogP contribution in [0, 0.1) is 0 Å². The molecule has 1 aliphatic rings. The Morgan fingerprint density at radius 3 is 2.62 bits per heavy atom. The SMILES string of the molecule is O=C(NCCc1ccc(Cl)cc1Cl)c1cnc(NC2CCCCC2)cn1. The predicted octanol–water partition coefficient (Wildman–Crippen LogP) is 4.50. The van der Waals surface area contributed by atoms with Crippen molar-refractivity contribution in [3.63, 3.8) is 0 Å². The van der Waals surface area contributed by atoms with E-state index >= 15 is 0 Å². The molecule has 0 aliphatic heterocycles. The normalized spacial score (nSPS) is 14.8. The number of nitrogens with zero attached hydrogens (tertiary/aromatic N) is 2. The van der Waals surface area contributed by atoms with E-state index in [-0.39, 0.29) is 5.91 Å². The highest BCUT2D eigenvalue weighted by Gasteiger charge is 2.14. The maximum Gasteiger partial charge on any atom is 0.271 e. The molecule has 1 aromatic heterocycles. The van der Waals surface area contributed by atoms with Gasteiger partial charge in [0.2, 0.25) is 0 Å². The van der Waals surface area contributed by atoms with Gasteiger partial charge in [0.1, 0.15) is 11.5 Å². The van der Waals surface area contributed by atoms with Crippen LogP contribution in [0.25, 0.3) is 0 Å². The molecule has 0 spiro atoms. The van der Waals surface area contributed by atoms with Crippen LogP contribution in [-0.2, 0) is 6.42 Å². The van der Waals surface area contributed by atoms with E-state index in [1.807, 2.05) is 6.07 Å². The molecule has 1 heterocycles. The van der Waals surface area contributed by atoms with Gasteiger partial charge in [-0.2, -0.15) is 0 Å². The molecule has 3 rings (SSSR count). The van der Waals surface area contributed by atoms with E-state index in [1.165, 1.54) is 25.5 Å². The maximum absolute atomic E-state index is 12.2. The van der Waals surface area contributed by atoms with E-state index in [2.05, 4.69) is 20.6 Å². The molecule has 0 radical (unpaired) electrons. The van der Waals surface area contributed by atoms with Gasteiger partial charge in [0.25, 0.3) is 5.91 Å². The highest BCUT2D eigenvalue weighted by molar-refractivity contribution is 6.35. The fraction of sp³-hybridized carbons (Fsp3) is 0.421. The Morgan fingerprint density at radius 2 is 1.92 bits per heavy atom. The van der Waals surface area contributed by atoms with Crippen LogP contribution < -0.4 is 10.6 Å². The van der Waals surface area contributed by atoms with Crippen molar-refractivity contribution in [1.29, 1.82) is 0 Å². The molecule has 1 amide bonds. The molecule has 1 fully saturated rings. The van der Waals surface area contributed by atoms with Gasteiger partial charge in [0, 0.05) is 22.6 Å². The number of halogens is 2. The first-order valence-corrected chi connectivity index (χ1v) is 9.68. The lowest BCUT2D eigenvalue weighted by atomic mass is 9.96. The average molecular weight is 393 g/mol. The molecule has 1 aromatic carbocycles. The van der Waals surface area contributed by atoms with Crippen LogP contribution >= 0.6 is 23.2 Å². The van der Waals surface area contributed by atoms with Gasteiger partial charge in [-0.3, -0.25) is 4.79 Å². The number of hydrogen-bond donors (Lipinski definition) is 2. The molecule has 0 atom stereocenters. The molecule has 2 N–H and O–H groups in total. The summed E-state index contributed by atoms with van der Waals surface area (Å²) in [6.45, 7) is 0.462. The minimum absolute atomic E-state index is 0.244. The summed E-state index contributed by atoms with van der Waals surface area (Å²) in [7, 11) is 0. The Balaban J connectivity index is 1.48. The number of aromatic nitrogens is 2. The van der Waals surface area contributed by atoms with Gasteiger partial charge in [-0.25, -0.2) is 9.97 Å². The van der Waals surface area contributed by atoms with Gasteiger partial charge in [0.05, 0.1) is 12.4 Å². The van der Waals surface area contributed by atoms with Crippen molar-refractivity contribution < 1.29 is 4.79 Å². The summed E-state index contributed by atoms with van der Waals surface area (Å²) >= 11 is 12.0. The fourth-order valence-electron chi connectivity index (χ4n) is 3.10. The van der Waals surface area contributed by atoms with Gasteiger partial charge >= 0.3 is 0 Å². The lowest BCUT2D eigenvalue weighted by Crippen LogP contribution is -2.27. The van der Waals surface area contributed by atoms with Crippen molar-refractivity contribution in [3.05, 3.63) is 51.9 Å². The fourth-order valence-corrected chi connectivity index (χ4v) is 3.60. The number of rotatable bonds is 6. The van der Waals surface area contributed by atoms with Crippen molar-refractivity contribution in [3.8, 4) is 0 Å². The molecule has 0 bridgehead atoms. The standard InChI is InChI=1S/C19H22Cl2N4O/c20-14-7-6-13(16(21)10-14)8-9-22-19(26)17-11-24-18(12-23-17)25-15-4-2-1-3-5-15/h6-7,10-12,15H,1-5,8-9H2,(H,22,26)(H,24,25). The summed E-state index contributed by atoms with van der Waals surface area (Å²) in [5, 5.41) is 7.43. The van der Waals surface area contributed by atoms with Crippen molar-refractivity contribution in [2.45, 2.75) is 44.6 Å². The number of anilines is 1. The van der Waals surface area contributed by atoms with Gasteiger partial charge in [-0.15, -0.1) is 0 Å². The van der Waals surface area contributed by atoms with E-state index < -0.39 is 0 Å². The average Bonchev–Trinajstić information content (AvgIpc) is 2.65. The second kappa shape index (κ2) is 9.19. The minimum Gasteiger partial charge on any atom is -0.366 e. The number of amides is 1. The topological polar surface area (TPSA) is 66.9 Å². The predicted molar refractivity (Wildman–Crippen MR) is 105 cm³/mol. The van der Waals surface area contributed by atoms with Crippen LogP contribution in [-0.4, -0.2) is 28.5 Å². The largest absolute Gasteiger partial charge is 0.366 e. The van der Waals surface area contributed by atoms with Crippen LogP contribution in [0.15, 0.2) is 30.6 Å². The summed E-state index contributed by atoms with van der Waals surface area (Å²) in [6, 6.07) is 5.81. The second-order valence-electron chi connectivity index (χ2n) is 6.51. The first kappa shape index (κ1) is 18.9. The zero-order valence-corrected chi connectivity index (χ0v) is 16.0. The zero-order valence-electron chi connectivity index (χ0n) is 14.5. The number of hydrogen-bond acceptors (Lipinski definition) is 4. The summed E-state index contributed by atoms with van der Waals surface area (Å²) < 4.78 is 0. The number of carbonyl (C=O) groups is 1. The molecule has 138 valence electrons. The third-order valence-electron chi connectivity index (χ3n) is 4.54. The van der Waals surface area contributed by atoms with E-state index in [1.54, 1.807) is 18.3 Å². The molecule has 1 aliphatic carbocycles. The van der Waals surface area contributed by atoms with Crippen molar-refractivity contribution in [2.24, 2.45) is 0 Å². The highest BCUT2D eigenvalue weighted by Crippen LogP contribution is 2.21. The van der Waals surface area contributed by atoms with E-state index in [0.717, 1.165) is 24.2 Å². The second-order valence-corrected chi connectivity index (χ2v) is 7.35. The van der Waals surface area contributed by atoms with Gasteiger partial charge < -0.3 is 10.6 Å².